The highest BCUT2D eigenvalue weighted by Crippen LogP contribution is 2.27. The SMILES string of the molecule is O=C([C@H](Cc1ccccc1)N1C(=O)c2ccccc2C1=O)N1CCN(CCO)CC1. The second-order valence-electron chi connectivity index (χ2n) is 7.62. The lowest BCUT2D eigenvalue weighted by atomic mass is 10.0. The summed E-state index contributed by atoms with van der Waals surface area (Å²) in [5, 5.41) is 9.13. The highest BCUT2D eigenvalue weighted by atomic mass is 16.3. The fraction of sp³-hybridized carbons (Fsp3) is 0.348. The normalized spacial score (nSPS) is 17.9. The smallest absolute Gasteiger partial charge is 0.262 e. The Morgan fingerprint density at radius 2 is 1.43 bits per heavy atom. The van der Waals surface area contributed by atoms with Gasteiger partial charge in [-0.05, 0) is 17.7 Å². The van der Waals surface area contributed by atoms with Crippen molar-refractivity contribution in [2.45, 2.75) is 12.5 Å². The number of carbonyl (C=O) groups excluding carboxylic acids is 3. The number of amides is 3. The van der Waals surface area contributed by atoms with E-state index in [4.69, 9.17) is 5.11 Å². The summed E-state index contributed by atoms with van der Waals surface area (Å²) in [6.07, 6.45) is 0.280. The molecule has 2 aliphatic rings. The standard InChI is InChI=1S/C23H25N3O4/c27-15-14-24-10-12-25(13-11-24)23(30)20(16-17-6-2-1-3-7-17)26-21(28)18-8-4-5-9-19(18)22(26)29/h1-9,20,27H,10-16H2/t20-/m0/s1. The number of imide groups is 1. The number of benzene rings is 2. The van der Waals surface area contributed by atoms with Crippen LogP contribution in [-0.4, -0.2) is 82.9 Å². The lowest BCUT2D eigenvalue weighted by Gasteiger charge is -2.37. The number of rotatable bonds is 6. The molecule has 0 radical (unpaired) electrons. The Hall–Kier alpha value is -3.03. The lowest BCUT2D eigenvalue weighted by Crippen LogP contribution is -2.56. The van der Waals surface area contributed by atoms with E-state index in [9.17, 15) is 14.4 Å². The predicted octanol–water partition coefficient (Wildman–Crippen LogP) is 1.03. The molecule has 0 unspecified atom stereocenters. The largest absolute Gasteiger partial charge is 0.395 e. The van der Waals surface area contributed by atoms with E-state index in [0.29, 0.717) is 43.9 Å². The van der Waals surface area contributed by atoms with Gasteiger partial charge in [0, 0.05) is 39.1 Å². The molecule has 2 aliphatic heterocycles. The number of aliphatic hydroxyl groups is 1. The Morgan fingerprint density at radius 1 is 0.867 bits per heavy atom. The van der Waals surface area contributed by atoms with Crippen molar-refractivity contribution in [1.29, 1.82) is 0 Å². The predicted molar refractivity (Wildman–Crippen MR) is 111 cm³/mol. The van der Waals surface area contributed by atoms with E-state index < -0.39 is 17.9 Å². The van der Waals surface area contributed by atoms with Crippen molar-refractivity contribution in [3.63, 3.8) is 0 Å². The zero-order chi connectivity index (χ0) is 21.1. The van der Waals surface area contributed by atoms with Gasteiger partial charge >= 0.3 is 0 Å². The molecular weight excluding hydrogens is 382 g/mol. The Bertz CT molecular complexity index is 903. The van der Waals surface area contributed by atoms with Gasteiger partial charge < -0.3 is 10.0 Å². The molecule has 1 saturated heterocycles. The molecule has 2 aromatic rings. The Morgan fingerprint density at radius 3 is 2.00 bits per heavy atom. The number of piperazine rings is 1. The maximum absolute atomic E-state index is 13.5. The van der Waals surface area contributed by atoms with Gasteiger partial charge in [-0.3, -0.25) is 24.2 Å². The number of aliphatic hydroxyl groups excluding tert-OH is 1. The van der Waals surface area contributed by atoms with Crippen LogP contribution in [0, 0.1) is 0 Å². The number of nitrogens with zero attached hydrogens (tertiary/aromatic N) is 3. The molecule has 3 amide bonds. The summed E-state index contributed by atoms with van der Waals surface area (Å²) in [6.45, 7) is 2.99. The van der Waals surface area contributed by atoms with Crippen molar-refractivity contribution in [2.24, 2.45) is 0 Å². The first-order valence-corrected chi connectivity index (χ1v) is 10.2. The minimum Gasteiger partial charge on any atom is -0.395 e. The minimum absolute atomic E-state index is 0.0830. The van der Waals surface area contributed by atoms with E-state index in [1.807, 2.05) is 30.3 Å². The van der Waals surface area contributed by atoms with Gasteiger partial charge in [0.05, 0.1) is 17.7 Å². The molecule has 0 bridgehead atoms. The van der Waals surface area contributed by atoms with E-state index in [1.165, 1.54) is 0 Å². The fourth-order valence-corrected chi connectivity index (χ4v) is 4.16. The maximum Gasteiger partial charge on any atom is 0.262 e. The van der Waals surface area contributed by atoms with Crippen molar-refractivity contribution < 1.29 is 19.5 Å². The molecule has 0 saturated carbocycles. The monoisotopic (exact) mass is 407 g/mol. The maximum atomic E-state index is 13.5. The summed E-state index contributed by atoms with van der Waals surface area (Å²) in [4.78, 5) is 44.6. The molecule has 156 valence electrons. The molecule has 2 aromatic carbocycles. The van der Waals surface area contributed by atoms with Crippen LogP contribution in [0.5, 0.6) is 0 Å². The molecule has 7 nitrogen and oxygen atoms in total. The van der Waals surface area contributed by atoms with Crippen molar-refractivity contribution in [2.75, 3.05) is 39.3 Å². The number of fused-ring (bicyclic) bond motifs is 1. The Labute approximate surface area is 175 Å². The fourth-order valence-electron chi connectivity index (χ4n) is 4.16. The number of carbonyl (C=O) groups is 3. The number of β-amino-alcohol motifs (C(OH)–C–C–N with tert-alkyl or cyclic N) is 1. The summed E-state index contributed by atoms with van der Waals surface area (Å²) in [5.74, 6) is -1.04. The van der Waals surface area contributed by atoms with Crippen LogP contribution in [0.1, 0.15) is 26.3 Å². The minimum atomic E-state index is -0.885. The Kier molecular flexibility index (Phi) is 5.92. The quantitative estimate of drug-likeness (QED) is 0.724. The molecule has 7 heteroatoms. The first-order chi connectivity index (χ1) is 14.6. The van der Waals surface area contributed by atoms with Crippen molar-refractivity contribution >= 4 is 17.7 Å². The van der Waals surface area contributed by atoms with Crippen molar-refractivity contribution in [3.8, 4) is 0 Å². The summed E-state index contributed by atoms with van der Waals surface area (Å²) in [6, 6.07) is 15.3. The van der Waals surface area contributed by atoms with Crippen molar-refractivity contribution in [3.05, 3.63) is 71.3 Å². The second kappa shape index (κ2) is 8.77. The molecular formula is C23H25N3O4. The molecule has 0 spiro atoms. The zero-order valence-electron chi connectivity index (χ0n) is 16.7. The van der Waals surface area contributed by atoms with Crippen molar-refractivity contribution in [1.82, 2.24) is 14.7 Å². The number of hydrogen-bond acceptors (Lipinski definition) is 5. The topological polar surface area (TPSA) is 81.2 Å². The van der Waals surface area contributed by atoms with E-state index in [2.05, 4.69) is 4.90 Å². The van der Waals surface area contributed by atoms with Crippen LogP contribution in [0.15, 0.2) is 54.6 Å². The van der Waals surface area contributed by atoms with Crippen LogP contribution in [0.2, 0.25) is 0 Å². The van der Waals surface area contributed by atoms with Crippen LogP contribution < -0.4 is 0 Å². The van der Waals surface area contributed by atoms with Crippen LogP contribution >= 0.6 is 0 Å². The highest BCUT2D eigenvalue weighted by molar-refractivity contribution is 6.22. The summed E-state index contributed by atoms with van der Waals surface area (Å²) >= 11 is 0. The molecule has 4 rings (SSSR count). The average Bonchev–Trinajstić information content (AvgIpc) is 3.03. The third-order valence-corrected chi connectivity index (χ3v) is 5.79. The highest BCUT2D eigenvalue weighted by Gasteiger charge is 2.44. The molecule has 0 aliphatic carbocycles. The van der Waals surface area contributed by atoms with E-state index in [-0.39, 0.29) is 18.9 Å². The third kappa shape index (κ3) is 3.86. The average molecular weight is 407 g/mol. The van der Waals surface area contributed by atoms with Crippen LogP contribution in [0.25, 0.3) is 0 Å². The number of hydrogen-bond donors (Lipinski definition) is 1. The lowest BCUT2D eigenvalue weighted by molar-refractivity contribution is -0.137. The second-order valence-corrected chi connectivity index (χ2v) is 7.62. The van der Waals surface area contributed by atoms with Gasteiger partial charge in [-0.25, -0.2) is 0 Å². The van der Waals surface area contributed by atoms with Gasteiger partial charge in [0.2, 0.25) is 5.91 Å². The van der Waals surface area contributed by atoms with Gasteiger partial charge in [-0.2, -0.15) is 0 Å². The molecule has 30 heavy (non-hydrogen) atoms. The van der Waals surface area contributed by atoms with E-state index in [0.717, 1.165) is 10.5 Å². The zero-order valence-corrected chi connectivity index (χ0v) is 16.7. The third-order valence-electron chi connectivity index (χ3n) is 5.79. The van der Waals surface area contributed by atoms with Gasteiger partial charge in [0.15, 0.2) is 0 Å². The summed E-state index contributed by atoms with van der Waals surface area (Å²) in [7, 11) is 0. The van der Waals surface area contributed by atoms with Crippen LogP contribution in [0.3, 0.4) is 0 Å². The van der Waals surface area contributed by atoms with Gasteiger partial charge in [0.1, 0.15) is 6.04 Å². The molecule has 1 N–H and O–H groups in total. The van der Waals surface area contributed by atoms with E-state index in [1.54, 1.807) is 29.2 Å². The summed E-state index contributed by atoms with van der Waals surface area (Å²) in [5.41, 5.74) is 1.59. The summed E-state index contributed by atoms with van der Waals surface area (Å²) < 4.78 is 0. The van der Waals surface area contributed by atoms with Crippen LogP contribution in [0.4, 0.5) is 0 Å². The first-order valence-electron chi connectivity index (χ1n) is 10.2. The van der Waals surface area contributed by atoms with Crippen LogP contribution in [-0.2, 0) is 11.2 Å². The molecule has 1 fully saturated rings. The van der Waals surface area contributed by atoms with Gasteiger partial charge in [0.25, 0.3) is 11.8 Å². The molecule has 0 aromatic heterocycles. The molecule has 1 atom stereocenters. The Balaban J connectivity index is 1.60. The first kappa shape index (κ1) is 20.3. The van der Waals surface area contributed by atoms with Gasteiger partial charge in [-0.15, -0.1) is 0 Å². The molecule has 2 heterocycles. The van der Waals surface area contributed by atoms with Gasteiger partial charge in [-0.1, -0.05) is 42.5 Å². The van der Waals surface area contributed by atoms with E-state index >= 15 is 0 Å².